The van der Waals surface area contributed by atoms with Gasteiger partial charge in [0.15, 0.2) is 0 Å². The van der Waals surface area contributed by atoms with Gasteiger partial charge in [0.05, 0.1) is 11.2 Å². The topological polar surface area (TPSA) is 22.1 Å². The summed E-state index contributed by atoms with van der Waals surface area (Å²) in [7, 11) is 0. The van der Waals surface area contributed by atoms with E-state index in [4.69, 9.17) is 16.3 Å². The molecule has 0 spiro atoms. The first kappa shape index (κ1) is 11.4. The molecule has 0 bridgehead atoms. The second kappa shape index (κ2) is 5.32. The molecule has 0 N–H and O–H groups in total. The molecule has 0 unspecified atom stereocenters. The van der Waals surface area contributed by atoms with Gasteiger partial charge in [0.2, 0.25) is 0 Å². The van der Waals surface area contributed by atoms with Crippen LogP contribution in [0.2, 0.25) is 5.02 Å². The van der Waals surface area contributed by atoms with Crippen LogP contribution in [0.15, 0.2) is 42.7 Å². The summed E-state index contributed by atoms with van der Waals surface area (Å²) in [5.74, 6) is 1.32. The second-order valence-corrected chi connectivity index (χ2v) is 4.16. The lowest BCUT2D eigenvalue weighted by Crippen LogP contribution is -1.87. The van der Waals surface area contributed by atoms with Crippen LogP contribution in [0, 0.1) is 0 Å². The standard InChI is InChI=1S/C12H9BrClNO/c13-7-9-3-4-12(11(14)6-9)16-10-2-1-5-15-8-10/h1-6,8H,7H2. The molecule has 0 saturated carbocycles. The summed E-state index contributed by atoms with van der Waals surface area (Å²) in [6, 6.07) is 9.35. The Morgan fingerprint density at radius 1 is 1.31 bits per heavy atom. The van der Waals surface area contributed by atoms with Gasteiger partial charge in [-0.05, 0) is 29.8 Å². The minimum Gasteiger partial charge on any atom is -0.454 e. The molecule has 1 heterocycles. The van der Waals surface area contributed by atoms with Crippen molar-refractivity contribution in [3.05, 3.63) is 53.3 Å². The molecule has 1 aromatic carbocycles. The van der Waals surface area contributed by atoms with Crippen molar-refractivity contribution in [1.29, 1.82) is 0 Å². The summed E-state index contributed by atoms with van der Waals surface area (Å²) in [6.07, 6.45) is 3.34. The highest BCUT2D eigenvalue weighted by molar-refractivity contribution is 9.08. The van der Waals surface area contributed by atoms with E-state index in [1.54, 1.807) is 12.4 Å². The van der Waals surface area contributed by atoms with Crippen LogP contribution < -0.4 is 4.74 Å². The molecule has 0 radical (unpaired) electrons. The van der Waals surface area contributed by atoms with Crippen molar-refractivity contribution in [2.75, 3.05) is 0 Å². The quantitative estimate of drug-likeness (QED) is 0.782. The smallest absolute Gasteiger partial charge is 0.146 e. The van der Waals surface area contributed by atoms with Gasteiger partial charge >= 0.3 is 0 Å². The van der Waals surface area contributed by atoms with Crippen LogP contribution in [0.1, 0.15) is 5.56 Å². The fourth-order valence-electron chi connectivity index (χ4n) is 1.24. The molecule has 0 atom stereocenters. The SMILES string of the molecule is Clc1cc(CBr)ccc1Oc1cccnc1. The maximum Gasteiger partial charge on any atom is 0.146 e. The number of hydrogen-bond donors (Lipinski definition) is 0. The third-order valence-electron chi connectivity index (χ3n) is 2.01. The van der Waals surface area contributed by atoms with Crippen molar-refractivity contribution in [1.82, 2.24) is 4.98 Å². The third kappa shape index (κ3) is 2.74. The Labute approximate surface area is 107 Å². The number of nitrogens with zero attached hydrogens (tertiary/aromatic N) is 1. The van der Waals surface area contributed by atoms with Crippen LogP contribution in [-0.4, -0.2) is 4.98 Å². The van der Waals surface area contributed by atoms with Crippen LogP contribution in [0.4, 0.5) is 0 Å². The summed E-state index contributed by atoms with van der Waals surface area (Å²) in [6.45, 7) is 0. The van der Waals surface area contributed by atoms with Crippen molar-refractivity contribution in [2.24, 2.45) is 0 Å². The van der Waals surface area contributed by atoms with Crippen molar-refractivity contribution in [3.63, 3.8) is 0 Å². The van der Waals surface area contributed by atoms with Gasteiger partial charge in [0, 0.05) is 11.5 Å². The lowest BCUT2D eigenvalue weighted by Gasteiger charge is -2.07. The number of alkyl halides is 1. The molecule has 82 valence electrons. The van der Waals surface area contributed by atoms with E-state index in [2.05, 4.69) is 20.9 Å². The predicted molar refractivity (Wildman–Crippen MR) is 68.4 cm³/mol. The largest absolute Gasteiger partial charge is 0.454 e. The van der Waals surface area contributed by atoms with Gasteiger partial charge < -0.3 is 4.74 Å². The van der Waals surface area contributed by atoms with Gasteiger partial charge in [-0.25, -0.2) is 0 Å². The maximum atomic E-state index is 6.09. The van der Waals surface area contributed by atoms with Crippen molar-refractivity contribution < 1.29 is 4.74 Å². The highest BCUT2D eigenvalue weighted by Crippen LogP contribution is 2.30. The van der Waals surface area contributed by atoms with Gasteiger partial charge in [-0.3, -0.25) is 4.98 Å². The van der Waals surface area contributed by atoms with E-state index in [1.807, 2.05) is 30.3 Å². The van der Waals surface area contributed by atoms with Crippen molar-refractivity contribution in [2.45, 2.75) is 5.33 Å². The summed E-state index contributed by atoms with van der Waals surface area (Å²) < 4.78 is 5.60. The van der Waals surface area contributed by atoms with E-state index >= 15 is 0 Å². The predicted octanol–water partition coefficient (Wildman–Crippen LogP) is 4.42. The maximum absolute atomic E-state index is 6.09. The molecule has 0 amide bonds. The zero-order valence-electron chi connectivity index (χ0n) is 8.36. The van der Waals surface area contributed by atoms with Crippen LogP contribution in [0.3, 0.4) is 0 Å². The van der Waals surface area contributed by atoms with Gasteiger partial charge in [0.1, 0.15) is 11.5 Å². The first-order valence-electron chi connectivity index (χ1n) is 4.72. The first-order chi connectivity index (χ1) is 7.79. The first-order valence-corrected chi connectivity index (χ1v) is 6.22. The molecule has 0 fully saturated rings. The van der Waals surface area contributed by atoms with Gasteiger partial charge in [-0.2, -0.15) is 0 Å². The Kier molecular flexibility index (Phi) is 3.80. The Bertz CT molecular complexity index is 476. The lowest BCUT2D eigenvalue weighted by molar-refractivity contribution is 0.480. The van der Waals surface area contributed by atoms with E-state index in [-0.39, 0.29) is 0 Å². The number of pyridine rings is 1. The number of ether oxygens (including phenoxy) is 1. The zero-order chi connectivity index (χ0) is 11.4. The Morgan fingerprint density at radius 3 is 2.81 bits per heavy atom. The number of halogens is 2. The highest BCUT2D eigenvalue weighted by atomic mass is 79.9. The minimum absolute atomic E-state index is 0.598. The summed E-state index contributed by atoms with van der Waals surface area (Å²) in [4.78, 5) is 3.97. The van der Waals surface area contributed by atoms with Crippen LogP contribution >= 0.6 is 27.5 Å². The molecule has 4 heteroatoms. The summed E-state index contributed by atoms with van der Waals surface area (Å²) in [5, 5.41) is 1.38. The van der Waals surface area contributed by atoms with Crippen LogP contribution in [0.5, 0.6) is 11.5 Å². The normalized spacial score (nSPS) is 10.1. The van der Waals surface area contributed by atoms with E-state index in [9.17, 15) is 0 Å². The number of rotatable bonds is 3. The van der Waals surface area contributed by atoms with E-state index in [1.165, 1.54) is 0 Å². The number of aromatic nitrogens is 1. The van der Waals surface area contributed by atoms with Crippen LogP contribution in [0.25, 0.3) is 0 Å². The highest BCUT2D eigenvalue weighted by Gasteiger charge is 2.03. The molecular weight excluding hydrogens is 289 g/mol. The van der Waals surface area contributed by atoms with Crippen molar-refractivity contribution in [3.8, 4) is 11.5 Å². The molecule has 2 aromatic rings. The summed E-state index contributed by atoms with van der Waals surface area (Å²) in [5.41, 5.74) is 1.11. The number of benzene rings is 1. The van der Waals surface area contributed by atoms with E-state index < -0.39 is 0 Å². The fourth-order valence-corrected chi connectivity index (χ4v) is 1.84. The molecule has 16 heavy (non-hydrogen) atoms. The molecule has 2 nitrogen and oxygen atoms in total. The van der Waals surface area contributed by atoms with Gasteiger partial charge in [0.25, 0.3) is 0 Å². The van der Waals surface area contributed by atoms with Gasteiger partial charge in [-0.1, -0.05) is 33.6 Å². The zero-order valence-corrected chi connectivity index (χ0v) is 10.7. The molecule has 0 saturated heterocycles. The summed E-state index contributed by atoms with van der Waals surface area (Å²) >= 11 is 9.47. The Morgan fingerprint density at radius 2 is 2.19 bits per heavy atom. The van der Waals surface area contributed by atoms with Crippen molar-refractivity contribution >= 4 is 27.5 Å². The molecule has 0 aliphatic carbocycles. The second-order valence-electron chi connectivity index (χ2n) is 3.19. The molecule has 2 rings (SSSR count). The van der Waals surface area contributed by atoms with Crippen LogP contribution in [-0.2, 0) is 5.33 Å². The Hall–Kier alpha value is -1.06. The molecular formula is C12H9BrClNO. The average molecular weight is 299 g/mol. The molecule has 0 aliphatic heterocycles. The molecule has 0 aliphatic rings. The van der Waals surface area contributed by atoms with Gasteiger partial charge in [-0.15, -0.1) is 0 Å². The average Bonchev–Trinajstić information content (AvgIpc) is 2.33. The fraction of sp³-hybridized carbons (Fsp3) is 0.0833. The lowest BCUT2D eigenvalue weighted by atomic mass is 10.2. The van der Waals surface area contributed by atoms with E-state index in [0.29, 0.717) is 16.5 Å². The minimum atomic E-state index is 0.598. The number of hydrogen-bond acceptors (Lipinski definition) is 2. The molecule has 1 aromatic heterocycles. The monoisotopic (exact) mass is 297 g/mol. The van der Waals surface area contributed by atoms with E-state index in [0.717, 1.165) is 10.9 Å². The Balaban J connectivity index is 2.22. The third-order valence-corrected chi connectivity index (χ3v) is 2.96.